The number of nitrogen functional groups attached to an aromatic ring is 1. The molecule has 4 heteroatoms. The SMILES string of the molecule is COc1ccc(-c2ccc(N)nc2C)c(Cl)c1. The summed E-state index contributed by atoms with van der Waals surface area (Å²) in [4.78, 5) is 4.22. The number of benzene rings is 1. The van der Waals surface area contributed by atoms with Crippen LogP contribution in [0.3, 0.4) is 0 Å². The quantitative estimate of drug-likeness (QED) is 0.887. The second-order valence-corrected chi connectivity index (χ2v) is 4.12. The van der Waals surface area contributed by atoms with Gasteiger partial charge >= 0.3 is 0 Å². The Morgan fingerprint density at radius 2 is 1.88 bits per heavy atom. The van der Waals surface area contributed by atoms with E-state index in [-0.39, 0.29) is 0 Å². The molecule has 0 saturated carbocycles. The van der Waals surface area contributed by atoms with Crippen molar-refractivity contribution in [3.63, 3.8) is 0 Å². The maximum absolute atomic E-state index is 6.22. The molecule has 2 rings (SSSR count). The highest BCUT2D eigenvalue weighted by atomic mass is 35.5. The molecule has 0 spiro atoms. The fraction of sp³-hybridized carbons (Fsp3) is 0.154. The van der Waals surface area contributed by atoms with Crippen LogP contribution in [0.1, 0.15) is 5.69 Å². The van der Waals surface area contributed by atoms with Crippen molar-refractivity contribution in [2.45, 2.75) is 6.92 Å². The number of methoxy groups -OCH3 is 1. The van der Waals surface area contributed by atoms with E-state index in [1.807, 2.05) is 25.1 Å². The van der Waals surface area contributed by atoms with Gasteiger partial charge in [0.2, 0.25) is 0 Å². The molecule has 0 aliphatic rings. The third-order valence-corrected chi connectivity index (χ3v) is 2.89. The first-order chi connectivity index (χ1) is 8.11. The van der Waals surface area contributed by atoms with Crippen molar-refractivity contribution in [1.29, 1.82) is 0 Å². The largest absolute Gasteiger partial charge is 0.497 e. The predicted octanol–water partition coefficient (Wildman–Crippen LogP) is 3.30. The van der Waals surface area contributed by atoms with Gasteiger partial charge in [-0.15, -0.1) is 0 Å². The van der Waals surface area contributed by atoms with Crippen molar-refractivity contribution in [3.8, 4) is 16.9 Å². The van der Waals surface area contributed by atoms with E-state index < -0.39 is 0 Å². The average Bonchev–Trinajstić information content (AvgIpc) is 2.30. The Bertz CT molecular complexity index is 555. The average molecular weight is 249 g/mol. The number of hydrogen-bond acceptors (Lipinski definition) is 3. The van der Waals surface area contributed by atoms with E-state index in [2.05, 4.69) is 4.98 Å². The van der Waals surface area contributed by atoms with Gasteiger partial charge in [-0.2, -0.15) is 0 Å². The van der Waals surface area contributed by atoms with Crippen LogP contribution in [0.25, 0.3) is 11.1 Å². The molecule has 0 fully saturated rings. The molecule has 0 atom stereocenters. The zero-order chi connectivity index (χ0) is 12.4. The van der Waals surface area contributed by atoms with Crippen molar-refractivity contribution < 1.29 is 4.74 Å². The molecular weight excluding hydrogens is 236 g/mol. The highest BCUT2D eigenvalue weighted by molar-refractivity contribution is 6.33. The maximum atomic E-state index is 6.22. The molecule has 88 valence electrons. The van der Waals surface area contributed by atoms with Gasteiger partial charge in [0.25, 0.3) is 0 Å². The summed E-state index contributed by atoms with van der Waals surface area (Å²) in [6.45, 7) is 1.91. The maximum Gasteiger partial charge on any atom is 0.123 e. The van der Waals surface area contributed by atoms with Gasteiger partial charge in [0.05, 0.1) is 12.1 Å². The Morgan fingerprint density at radius 3 is 2.47 bits per heavy atom. The Kier molecular flexibility index (Phi) is 3.20. The number of nitrogens with two attached hydrogens (primary N) is 1. The zero-order valence-corrected chi connectivity index (χ0v) is 10.5. The van der Waals surface area contributed by atoms with Crippen molar-refractivity contribution >= 4 is 17.4 Å². The Balaban J connectivity index is 2.53. The molecule has 0 saturated heterocycles. The van der Waals surface area contributed by atoms with Gasteiger partial charge in [-0.1, -0.05) is 11.6 Å². The number of aryl methyl sites for hydroxylation is 1. The third-order valence-electron chi connectivity index (χ3n) is 2.57. The minimum Gasteiger partial charge on any atom is -0.497 e. The number of aromatic nitrogens is 1. The summed E-state index contributed by atoms with van der Waals surface area (Å²) in [6.07, 6.45) is 0. The summed E-state index contributed by atoms with van der Waals surface area (Å²) in [5.74, 6) is 1.25. The zero-order valence-electron chi connectivity index (χ0n) is 9.70. The number of hydrogen-bond donors (Lipinski definition) is 1. The lowest BCUT2D eigenvalue weighted by molar-refractivity contribution is 0.415. The topological polar surface area (TPSA) is 48.1 Å². The number of pyridine rings is 1. The van der Waals surface area contributed by atoms with Crippen LogP contribution in [0.2, 0.25) is 5.02 Å². The summed E-state index contributed by atoms with van der Waals surface area (Å²) in [5.41, 5.74) is 8.39. The van der Waals surface area contributed by atoms with Crippen molar-refractivity contribution in [2.75, 3.05) is 12.8 Å². The molecule has 0 aliphatic carbocycles. The van der Waals surface area contributed by atoms with Crippen LogP contribution in [0, 0.1) is 6.92 Å². The summed E-state index contributed by atoms with van der Waals surface area (Å²) in [7, 11) is 1.61. The van der Waals surface area contributed by atoms with Crippen LogP contribution in [-0.2, 0) is 0 Å². The second kappa shape index (κ2) is 4.63. The van der Waals surface area contributed by atoms with Gasteiger partial charge in [-0.25, -0.2) is 4.98 Å². The van der Waals surface area contributed by atoms with E-state index in [0.29, 0.717) is 10.8 Å². The Morgan fingerprint density at radius 1 is 1.18 bits per heavy atom. The molecule has 1 heterocycles. The van der Waals surface area contributed by atoms with Crippen LogP contribution < -0.4 is 10.5 Å². The molecule has 2 N–H and O–H groups in total. The monoisotopic (exact) mass is 248 g/mol. The molecule has 0 amide bonds. The van der Waals surface area contributed by atoms with Gasteiger partial charge in [0.1, 0.15) is 11.6 Å². The van der Waals surface area contributed by atoms with Crippen LogP contribution in [0.15, 0.2) is 30.3 Å². The second-order valence-electron chi connectivity index (χ2n) is 3.71. The van der Waals surface area contributed by atoms with E-state index in [0.717, 1.165) is 22.6 Å². The van der Waals surface area contributed by atoms with E-state index in [9.17, 15) is 0 Å². The lowest BCUT2D eigenvalue weighted by atomic mass is 10.0. The molecular formula is C13H13ClN2O. The summed E-state index contributed by atoms with van der Waals surface area (Å²) in [5, 5.41) is 0.638. The molecule has 0 unspecified atom stereocenters. The fourth-order valence-electron chi connectivity index (χ4n) is 1.71. The number of halogens is 1. The highest BCUT2D eigenvalue weighted by Gasteiger charge is 2.08. The first-order valence-corrected chi connectivity index (χ1v) is 5.56. The molecule has 0 bridgehead atoms. The predicted molar refractivity (Wildman–Crippen MR) is 70.4 cm³/mol. The summed E-state index contributed by atoms with van der Waals surface area (Å²) in [6, 6.07) is 9.26. The Labute approximate surface area is 105 Å². The van der Waals surface area contributed by atoms with Crippen LogP contribution in [-0.4, -0.2) is 12.1 Å². The van der Waals surface area contributed by atoms with E-state index >= 15 is 0 Å². The molecule has 2 aromatic rings. The molecule has 3 nitrogen and oxygen atoms in total. The van der Waals surface area contributed by atoms with Gasteiger partial charge < -0.3 is 10.5 Å². The van der Waals surface area contributed by atoms with E-state index in [1.165, 1.54) is 0 Å². The van der Waals surface area contributed by atoms with Crippen LogP contribution in [0.4, 0.5) is 5.82 Å². The van der Waals surface area contributed by atoms with Crippen molar-refractivity contribution in [2.24, 2.45) is 0 Å². The molecule has 1 aromatic carbocycles. The molecule has 0 aliphatic heterocycles. The third kappa shape index (κ3) is 2.34. The van der Waals surface area contributed by atoms with Crippen LogP contribution in [0.5, 0.6) is 5.75 Å². The molecule has 0 radical (unpaired) electrons. The van der Waals surface area contributed by atoms with Gasteiger partial charge in [-0.3, -0.25) is 0 Å². The normalized spacial score (nSPS) is 10.3. The Hall–Kier alpha value is -1.74. The summed E-state index contributed by atoms with van der Waals surface area (Å²) >= 11 is 6.22. The number of nitrogens with zero attached hydrogens (tertiary/aromatic N) is 1. The standard InChI is InChI=1S/C13H13ClN2O/c1-8-10(5-6-13(15)16-8)11-4-3-9(17-2)7-12(11)14/h3-7H,1-2H3,(H2,15,16). The minimum atomic E-state index is 0.510. The highest BCUT2D eigenvalue weighted by Crippen LogP contribution is 2.32. The van der Waals surface area contributed by atoms with E-state index in [4.69, 9.17) is 22.1 Å². The lowest BCUT2D eigenvalue weighted by Crippen LogP contribution is -1.94. The van der Waals surface area contributed by atoms with Gasteiger partial charge in [-0.05, 0) is 37.3 Å². The van der Waals surface area contributed by atoms with Crippen molar-refractivity contribution in [3.05, 3.63) is 41.0 Å². The van der Waals surface area contributed by atoms with Gasteiger partial charge in [0.15, 0.2) is 0 Å². The first kappa shape index (κ1) is 11.7. The number of anilines is 1. The smallest absolute Gasteiger partial charge is 0.123 e. The lowest BCUT2D eigenvalue weighted by Gasteiger charge is -2.09. The first-order valence-electron chi connectivity index (χ1n) is 5.19. The van der Waals surface area contributed by atoms with E-state index in [1.54, 1.807) is 19.2 Å². The van der Waals surface area contributed by atoms with Gasteiger partial charge in [0, 0.05) is 16.8 Å². The molecule has 1 aromatic heterocycles. The molecule has 17 heavy (non-hydrogen) atoms. The van der Waals surface area contributed by atoms with Crippen LogP contribution >= 0.6 is 11.6 Å². The fourth-order valence-corrected chi connectivity index (χ4v) is 1.98. The number of rotatable bonds is 2. The number of ether oxygens (including phenoxy) is 1. The summed E-state index contributed by atoms with van der Waals surface area (Å²) < 4.78 is 5.12. The minimum absolute atomic E-state index is 0.510. The van der Waals surface area contributed by atoms with Crippen molar-refractivity contribution in [1.82, 2.24) is 4.98 Å².